The lowest BCUT2D eigenvalue weighted by Crippen LogP contribution is -2.40. The first-order chi connectivity index (χ1) is 16.0. The molecule has 11 heteroatoms. The third kappa shape index (κ3) is 4.59. The highest BCUT2D eigenvalue weighted by molar-refractivity contribution is 6.07. The number of carbonyl (C=O) groups excluding carboxylic acids is 4. The number of urea groups is 1. The van der Waals surface area contributed by atoms with Crippen LogP contribution < -0.4 is 16.0 Å². The van der Waals surface area contributed by atoms with Crippen LogP contribution in [0.2, 0.25) is 0 Å². The Labute approximate surface area is 192 Å². The first-order valence-corrected chi connectivity index (χ1v) is 10.4. The second kappa shape index (κ2) is 8.47. The number of benzene rings is 2. The Morgan fingerprint density at radius 3 is 2.56 bits per heavy atom. The molecular formula is C23H21F3N4O4. The average Bonchev–Trinajstić information content (AvgIpc) is 3.26. The van der Waals surface area contributed by atoms with E-state index in [-0.39, 0.29) is 25.4 Å². The van der Waals surface area contributed by atoms with E-state index in [1.807, 2.05) is 0 Å². The maximum Gasteiger partial charge on any atom is 0.416 e. The standard InChI is InChI=1S/C23H21F3N4O4/c1-22(20(33)28-21(34)29-22)15-5-3-7-17(10-15)27-19(32)14-9-18(31)30(12-14)11-13-4-2-6-16(8-13)23(24,25)26/h2-8,10,14H,9,11-12H2,1H3,(H,27,32)(H2,28,29,33,34). The van der Waals surface area contributed by atoms with Crippen LogP contribution >= 0.6 is 0 Å². The summed E-state index contributed by atoms with van der Waals surface area (Å²) < 4.78 is 38.8. The first-order valence-electron chi connectivity index (χ1n) is 10.4. The topological polar surface area (TPSA) is 108 Å². The van der Waals surface area contributed by atoms with Gasteiger partial charge in [0.2, 0.25) is 11.8 Å². The number of carbonyl (C=O) groups is 4. The van der Waals surface area contributed by atoms with Gasteiger partial charge in [-0.1, -0.05) is 24.3 Å². The summed E-state index contributed by atoms with van der Waals surface area (Å²) in [5, 5.41) is 7.43. The number of rotatable bonds is 5. The Morgan fingerprint density at radius 2 is 1.88 bits per heavy atom. The van der Waals surface area contributed by atoms with Crippen LogP contribution in [0.25, 0.3) is 0 Å². The van der Waals surface area contributed by atoms with Crippen molar-refractivity contribution in [3.05, 3.63) is 65.2 Å². The monoisotopic (exact) mass is 474 g/mol. The Balaban J connectivity index is 1.42. The largest absolute Gasteiger partial charge is 0.416 e. The van der Waals surface area contributed by atoms with Gasteiger partial charge in [-0.3, -0.25) is 19.7 Å². The number of nitrogens with one attached hydrogen (secondary N) is 3. The number of halogens is 3. The molecule has 2 atom stereocenters. The van der Waals surface area contributed by atoms with E-state index in [4.69, 9.17) is 0 Å². The molecule has 0 spiro atoms. The molecule has 4 rings (SSSR count). The highest BCUT2D eigenvalue weighted by Gasteiger charge is 2.43. The zero-order chi connectivity index (χ0) is 24.7. The lowest BCUT2D eigenvalue weighted by atomic mass is 9.92. The molecule has 0 radical (unpaired) electrons. The number of anilines is 1. The fourth-order valence-corrected chi connectivity index (χ4v) is 4.07. The van der Waals surface area contributed by atoms with Crippen molar-refractivity contribution in [2.45, 2.75) is 31.6 Å². The van der Waals surface area contributed by atoms with Crippen molar-refractivity contribution in [2.75, 3.05) is 11.9 Å². The van der Waals surface area contributed by atoms with Crippen LogP contribution in [0.15, 0.2) is 48.5 Å². The highest BCUT2D eigenvalue weighted by Crippen LogP contribution is 2.31. The van der Waals surface area contributed by atoms with E-state index < -0.39 is 41.0 Å². The lowest BCUT2D eigenvalue weighted by Gasteiger charge is -2.22. The van der Waals surface area contributed by atoms with Crippen LogP contribution in [0.1, 0.15) is 30.0 Å². The molecule has 178 valence electrons. The number of amides is 5. The van der Waals surface area contributed by atoms with Crippen LogP contribution in [0.3, 0.4) is 0 Å². The molecule has 2 unspecified atom stereocenters. The minimum Gasteiger partial charge on any atom is -0.338 e. The van der Waals surface area contributed by atoms with Gasteiger partial charge in [-0.05, 0) is 42.3 Å². The molecule has 5 amide bonds. The van der Waals surface area contributed by atoms with Crippen LogP contribution in [0.5, 0.6) is 0 Å². The third-order valence-electron chi connectivity index (χ3n) is 5.97. The van der Waals surface area contributed by atoms with Gasteiger partial charge in [-0.25, -0.2) is 4.79 Å². The molecule has 0 bridgehead atoms. The zero-order valence-corrected chi connectivity index (χ0v) is 18.0. The summed E-state index contributed by atoms with van der Waals surface area (Å²) in [7, 11) is 0. The van der Waals surface area contributed by atoms with Crippen molar-refractivity contribution in [1.82, 2.24) is 15.5 Å². The predicted molar refractivity (Wildman–Crippen MR) is 114 cm³/mol. The van der Waals surface area contributed by atoms with Crippen molar-refractivity contribution in [3.63, 3.8) is 0 Å². The van der Waals surface area contributed by atoms with Crippen LogP contribution in [-0.4, -0.2) is 35.2 Å². The zero-order valence-electron chi connectivity index (χ0n) is 18.0. The molecule has 0 aromatic heterocycles. The summed E-state index contributed by atoms with van der Waals surface area (Å²) in [5.41, 5.74) is -0.930. The van der Waals surface area contributed by atoms with Crippen LogP contribution in [-0.2, 0) is 32.6 Å². The van der Waals surface area contributed by atoms with E-state index in [2.05, 4.69) is 16.0 Å². The van der Waals surface area contributed by atoms with Gasteiger partial charge in [-0.2, -0.15) is 13.2 Å². The number of likely N-dealkylation sites (tertiary alicyclic amines) is 1. The second-order valence-electron chi connectivity index (χ2n) is 8.48. The molecule has 2 fully saturated rings. The number of alkyl halides is 3. The van der Waals surface area contributed by atoms with E-state index in [9.17, 15) is 32.3 Å². The fourth-order valence-electron chi connectivity index (χ4n) is 4.07. The van der Waals surface area contributed by atoms with E-state index in [0.717, 1.165) is 12.1 Å². The van der Waals surface area contributed by atoms with Crippen LogP contribution in [0, 0.1) is 5.92 Å². The number of nitrogens with zero attached hydrogens (tertiary/aromatic N) is 1. The number of imide groups is 1. The van der Waals surface area contributed by atoms with Gasteiger partial charge in [0.25, 0.3) is 5.91 Å². The molecule has 2 aliphatic rings. The summed E-state index contributed by atoms with van der Waals surface area (Å²) in [5.74, 6) is -1.97. The van der Waals surface area contributed by atoms with Gasteiger partial charge < -0.3 is 15.5 Å². The smallest absolute Gasteiger partial charge is 0.338 e. The summed E-state index contributed by atoms with van der Waals surface area (Å²) in [6.07, 6.45) is -4.55. The maximum absolute atomic E-state index is 12.9. The van der Waals surface area contributed by atoms with Gasteiger partial charge in [0.05, 0.1) is 11.5 Å². The van der Waals surface area contributed by atoms with E-state index in [1.165, 1.54) is 24.0 Å². The highest BCUT2D eigenvalue weighted by atomic mass is 19.4. The molecule has 3 N–H and O–H groups in total. The quantitative estimate of drug-likeness (QED) is 0.580. The Hall–Kier alpha value is -3.89. The molecule has 2 aliphatic heterocycles. The van der Waals surface area contributed by atoms with E-state index >= 15 is 0 Å². The SMILES string of the molecule is CC1(c2cccc(NC(=O)C3CC(=O)N(Cc4cccc(C(F)(F)F)c4)C3)c2)NC(=O)NC1=O. The molecule has 0 aliphatic carbocycles. The molecule has 2 aromatic rings. The maximum atomic E-state index is 12.9. The van der Waals surface area contributed by atoms with Gasteiger partial charge in [0.15, 0.2) is 0 Å². The minimum absolute atomic E-state index is 0.0326. The summed E-state index contributed by atoms with van der Waals surface area (Å²) in [4.78, 5) is 50.2. The van der Waals surface area contributed by atoms with Gasteiger partial charge >= 0.3 is 12.2 Å². The van der Waals surface area contributed by atoms with E-state index in [1.54, 1.807) is 24.3 Å². The van der Waals surface area contributed by atoms with Crippen molar-refractivity contribution in [1.29, 1.82) is 0 Å². The van der Waals surface area contributed by atoms with Crippen molar-refractivity contribution >= 4 is 29.4 Å². The third-order valence-corrected chi connectivity index (χ3v) is 5.97. The fraction of sp³-hybridized carbons (Fsp3) is 0.304. The van der Waals surface area contributed by atoms with Crippen molar-refractivity contribution < 1.29 is 32.3 Å². The minimum atomic E-state index is -4.49. The summed E-state index contributed by atoms with van der Waals surface area (Å²) >= 11 is 0. The average molecular weight is 474 g/mol. The molecule has 2 saturated heterocycles. The summed E-state index contributed by atoms with van der Waals surface area (Å²) in [6.45, 7) is 1.57. The van der Waals surface area contributed by atoms with Crippen molar-refractivity contribution in [2.24, 2.45) is 5.92 Å². The summed E-state index contributed by atoms with van der Waals surface area (Å²) in [6, 6.07) is 10.5. The van der Waals surface area contributed by atoms with Gasteiger partial charge in [0, 0.05) is 25.2 Å². The molecule has 0 saturated carbocycles. The number of hydrogen-bond donors (Lipinski definition) is 3. The Bertz CT molecular complexity index is 1180. The van der Waals surface area contributed by atoms with E-state index in [0.29, 0.717) is 16.8 Å². The lowest BCUT2D eigenvalue weighted by molar-refractivity contribution is -0.137. The predicted octanol–water partition coefficient (Wildman–Crippen LogP) is 2.75. The molecule has 2 heterocycles. The normalized spacial score (nSPS) is 22.5. The van der Waals surface area contributed by atoms with Crippen molar-refractivity contribution in [3.8, 4) is 0 Å². The first kappa shape index (κ1) is 23.3. The molecular weight excluding hydrogens is 453 g/mol. The van der Waals surface area contributed by atoms with Gasteiger partial charge in [-0.15, -0.1) is 0 Å². The Morgan fingerprint density at radius 1 is 1.15 bits per heavy atom. The number of hydrogen-bond acceptors (Lipinski definition) is 4. The molecule has 8 nitrogen and oxygen atoms in total. The molecule has 2 aromatic carbocycles. The second-order valence-corrected chi connectivity index (χ2v) is 8.48. The van der Waals surface area contributed by atoms with Gasteiger partial charge in [0.1, 0.15) is 5.54 Å². The van der Waals surface area contributed by atoms with Crippen LogP contribution in [0.4, 0.5) is 23.7 Å². The molecule has 34 heavy (non-hydrogen) atoms. The Kier molecular flexibility index (Phi) is 5.80.